The Balaban J connectivity index is 1.13. The van der Waals surface area contributed by atoms with E-state index in [9.17, 15) is 35.9 Å². The fraction of sp³-hybridized carbons (Fsp3) is 0.200. The number of hydrogen-bond donors (Lipinski definition) is 0. The van der Waals surface area contributed by atoms with Crippen LogP contribution in [-0.2, 0) is 35.0 Å². The number of nitrogens with zero attached hydrogens (tertiary/aromatic N) is 4. The average molecular weight is 617 g/mol. The smallest absolute Gasteiger partial charge is 0.416 e. The maximum atomic E-state index is 12.8. The molecule has 0 bridgehead atoms. The molecule has 228 valence electrons. The second kappa shape index (κ2) is 12.2. The molecule has 2 amide bonds. The average Bonchev–Trinajstić information content (AvgIpc) is 3.62. The molecule has 0 spiro atoms. The quantitative estimate of drug-likeness (QED) is 0.213. The first-order valence-electron chi connectivity index (χ1n) is 13.0. The Morgan fingerprint density at radius 2 is 0.977 bits per heavy atom. The van der Waals surface area contributed by atoms with Gasteiger partial charge in [0.1, 0.15) is 25.6 Å². The van der Waals surface area contributed by atoms with Gasteiger partial charge in [0.2, 0.25) is 23.6 Å². The van der Waals surface area contributed by atoms with E-state index >= 15 is 0 Å². The molecule has 1 aliphatic rings. The third-order valence-corrected chi connectivity index (χ3v) is 6.52. The van der Waals surface area contributed by atoms with Gasteiger partial charge in [-0.1, -0.05) is 24.3 Å². The van der Waals surface area contributed by atoms with Crippen LogP contribution in [0.2, 0.25) is 0 Å². The first kappa shape index (κ1) is 30.3. The monoisotopic (exact) mass is 616 g/mol. The second-order valence-electron chi connectivity index (χ2n) is 9.76. The van der Waals surface area contributed by atoms with Gasteiger partial charge in [0.15, 0.2) is 0 Å². The zero-order valence-corrected chi connectivity index (χ0v) is 22.6. The van der Waals surface area contributed by atoms with Crippen molar-refractivity contribution in [3.8, 4) is 0 Å². The number of oxazole rings is 2. The number of piperazine rings is 1. The first-order valence-corrected chi connectivity index (χ1v) is 13.0. The van der Waals surface area contributed by atoms with E-state index in [1.165, 1.54) is 70.9 Å². The lowest BCUT2D eigenvalue weighted by molar-refractivity contribution is -0.151. The molecule has 1 fully saturated rings. The molecule has 44 heavy (non-hydrogen) atoms. The minimum atomic E-state index is -4.43. The van der Waals surface area contributed by atoms with Crippen LogP contribution in [0.1, 0.15) is 45.4 Å². The Bertz CT molecular complexity index is 1560. The number of aromatic nitrogens is 2. The second-order valence-corrected chi connectivity index (χ2v) is 9.76. The lowest BCUT2D eigenvalue weighted by Crippen LogP contribution is -2.52. The summed E-state index contributed by atoms with van der Waals surface area (Å²) >= 11 is 0. The Kier molecular flexibility index (Phi) is 8.43. The van der Waals surface area contributed by atoms with Crippen molar-refractivity contribution in [3.05, 3.63) is 106 Å². The topological polar surface area (TPSA) is 92.7 Å². The van der Waals surface area contributed by atoms with E-state index in [1.807, 2.05) is 0 Å². The van der Waals surface area contributed by atoms with Crippen LogP contribution in [-0.4, -0.2) is 44.7 Å². The summed E-state index contributed by atoms with van der Waals surface area (Å²) < 4.78 is 87.0. The largest absolute Gasteiger partial charge is 0.445 e. The van der Waals surface area contributed by atoms with Gasteiger partial charge in [0.25, 0.3) is 0 Å². The highest BCUT2D eigenvalue weighted by Gasteiger charge is 2.32. The van der Waals surface area contributed by atoms with Crippen molar-refractivity contribution in [2.24, 2.45) is 0 Å². The molecule has 1 aliphatic heterocycles. The van der Waals surface area contributed by atoms with Gasteiger partial charge < -0.3 is 18.6 Å². The predicted molar refractivity (Wildman–Crippen MR) is 145 cm³/mol. The van der Waals surface area contributed by atoms with Crippen molar-refractivity contribution >= 4 is 36.1 Å². The van der Waals surface area contributed by atoms with Crippen molar-refractivity contribution < 1.29 is 44.8 Å². The summed E-state index contributed by atoms with van der Waals surface area (Å²) in [4.78, 5) is 36.7. The van der Waals surface area contributed by atoms with Gasteiger partial charge in [-0.15, -0.1) is 0 Å². The molecular formula is C30H22F6N4O4. The highest BCUT2D eigenvalue weighted by molar-refractivity contribution is 5.92. The molecule has 0 saturated carbocycles. The van der Waals surface area contributed by atoms with E-state index in [0.29, 0.717) is 22.5 Å². The number of halogens is 6. The summed E-state index contributed by atoms with van der Waals surface area (Å²) in [6, 6.07) is 9.12. The number of benzene rings is 2. The Morgan fingerprint density at radius 1 is 0.614 bits per heavy atom. The zero-order valence-electron chi connectivity index (χ0n) is 22.6. The SMILES string of the molecule is O=C1CN(Cc2coc(/C=C/c3ccc(C(F)(F)F)cc3)n2)C(=O)CN1Cc1coc(/C=C/c2ccc(C(F)(F)F)cc2)n1. The molecule has 8 nitrogen and oxygen atoms in total. The van der Waals surface area contributed by atoms with Gasteiger partial charge >= 0.3 is 12.4 Å². The predicted octanol–water partition coefficient (Wildman–Crippen LogP) is 6.41. The van der Waals surface area contributed by atoms with Crippen molar-refractivity contribution in [2.45, 2.75) is 25.4 Å². The molecular weight excluding hydrogens is 594 g/mol. The van der Waals surface area contributed by atoms with Crippen molar-refractivity contribution in [1.29, 1.82) is 0 Å². The van der Waals surface area contributed by atoms with Crippen LogP contribution in [0.4, 0.5) is 26.3 Å². The molecule has 5 rings (SSSR count). The summed E-state index contributed by atoms with van der Waals surface area (Å²) in [5, 5.41) is 0. The number of amides is 2. The molecule has 3 heterocycles. The molecule has 0 unspecified atom stereocenters. The highest BCUT2D eigenvalue weighted by Crippen LogP contribution is 2.30. The van der Waals surface area contributed by atoms with Crippen molar-refractivity contribution in [2.75, 3.05) is 13.1 Å². The zero-order chi connectivity index (χ0) is 31.5. The molecule has 2 aromatic heterocycles. The summed E-state index contributed by atoms with van der Waals surface area (Å²) in [6.07, 6.45) is -0.192. The van der Waals surface area contributed by atoms with Gasteiger partial charge in [-0.25, -0.2) is 9.97 Å². The summed E-state index contributed by atoms with van der Waals surface area (Å²) in [7, 11) is 0. The van der Waals surface area contributed by atoms with Gasteiger partial charge in [-0.05, 0) is 47.5 Å². The lowest BCUT2D eigenvalue weighted by atomic mass is 10.1. The molecule has 1 saturated heterocycles. The van der Waals surface area contributed by atoms with Crippen molar-refractivity contribution in [1.82, 2.24) is 19.8 Å². The maximum Gasteiger partial charge on any atom is 0.416 e. The van der Waals surface area contributed by atoms with Gasteiger partial charge in [0.05, 0.1) is 35.6 Å². The number of hydrogen-bond acceptors (Lipinski definition) is 6. The van der Waals surface area contributed by atoms with Crippen LogP contribution >= 0.6 is 0 Å². The van der Waals surface area contributed by atoms with Crippen LogP contribution in [0, 0.1) is 0 Å². The van der Waals surface area contributed by atoms with Crippen LogP contribution in [0.3, 0.4) is 0 Å². The Labute approximate surface area is 245 Å². The molecule has 14 heteroatoms. The van der Waals surface area contributed by atoms with Gasteiger partial charge in [-0.2, -0.15) is 26.3 Å². The van der Waals surface area contributed by atoms with E-state index in [0.717, 1.165) is 24.3 Å². The Morgan fingerprint density at radius 3 is 1.32 bits per heavy atom. The number of carbonyl (C=O) groups is 2. The third kappa shape index (κ3) is 7.62. The molecule has 0 N–H and O–H groups in total. The summed E-state index contributed by atoms with van der Waals surface area (Å²) in [5.41, 5.74) is 0.253. The van der Waals surface area contributed by atoms with E-state index in [2.05, 4.69) is 9.97 Å². The molecule has 0 aliphatic carbocycles. The number of rotatable bonds is 8. The van der Waals surface area contributed by atoms with Crippen LogP contribution in [0.25, 0.3) is 24.3 Å². The number of carbonyl (C=O) groups excluding carboxylic acids is 2. The van der Waals surface area contributed by atoms with Gasteiger partial charge in [0, 0.05) is 12.2 Å². The standard InChI is InChI=1S/C30H22F6N4O4/c31-29(32,33)21-7-1-19(2-8-21)5-11-25-37-23(17-43-25)13-39-15-28(42)40(16-27(39)41)14-24-18-44-26(38-24)12-6-20-3-9-22(10-4-20)30(34,35)36/h1-12,17-18H,13-16H2/b11-5+,12-6+. The fourth-order valence-electron chi connectivity index (χ4n) is 4.23. The van der Waals surface area contributed by atoms with E-state index in [-0.39, 0.29) is 49.8 Å². The molecule has 0 atom stereocenters. The van der Waals surface area contributed by atoms with E-state index < -0.39 is 23.5 Å². The summed E-state index contributed by atoms with van der Waals surface area (Å²) in [5.74, 6) is -0.321. The molecule has 0 radical (unpaired) electrons. The van der Waals surface area contributed by atoms with Crippen LogP contribution in [0.15, 0.2) is 69.9 Å². The highest BCUT2D eigenvalue weighted by atomic mass is 19.4. The molecule has 2 aromatic carbocycles. The first-order chi connectivity index (χ1) is 20.8. The summed E-state index contributed by atoms with van der Waals surface area (Å²) in [6.45, 7) is -0.389. The normalized spacial score (nSPS) is 14.9. The maximum absolute atomic E-state index is 12.8. The van der Waals surface area contributed by atoms with Crippen molar-refractivity contribution in [3.63, 3.8) is 0 Å². The number of alkyl halides is 6. The minimum absolute atomic E-state index is 0.0128. The van der Waals surface area contributed by atoms with E-state index in [4.69, 9.17) is 8.83 Å². The van der Waals surface area contributed by atoms with Crippen LogP contribution < -0.4 is 0 Å². The van der Waals surface area contributed by atoms with Crippen LogP contribution in [0.5, 0.6) is 0 Å². The Hall–Kier alpha value is -5.14. The molecule has 4 aromatic rings. The third-order valence-electron chi connectivity index (χ3n) is 6.52. The van der Waals surface area contributed by atoms with E-state index in [1.54, 1.807) is 0 Å². The fourth-order valence-corrected chi connectivity index (χ4v) is 4.23. The minimum Gasteiger partial charge on any atom is -0.445 e. The van der Waals surface area contributed by atoms with Gasteiger partial charge in [-0.3, -0.25) is 9.59 Å². The lowest BCUT2D eigenvalue weighted by Gasteiger charge is -2.33.